The van der Waals surface area contributed by atoms with Crippen LogP contribution in [0.1, 0.15) is 90.9 Å². The van der Waals surface area contributed by atoms with Crippen LogP contribution in [0.5, 0.6) is 0 Å². The minimum Gasteiger partial charge on any atom is -0.481 e. The maximum absolute atomic E-state index is 12.5. The Hall–Kier alpha value is -1.62. The number of carboxylic acids is 1. The van der Waals surface area contributed by atoms with E-state index in [1.807, 2.05) is 6.08 Å². The Labute approximate surface area is 173 Å². The molecule has 1 aliphatic carbocycles. The van der Waals surface area contributed by atoms with Gasteiger partial charge in [0, 0.05) is 18.9 Å². The van der Waals surface area contributed by atoms with E-state index in [1.165, 1.54) is 26.2 Å². The van der Waals surface area contributed by atoms with E-state index < -0.39 is 17.5 Å². The molecule has 0 aromatic carbocycles. The highest BCUT2D eigenvalue weighted by Crippen LogP contribution is 2.40. The van der Waals surface area contributed by atoms with Crippen LogP contribution in [0, 0.1) is 0 Å². The SMILES string of the molecule is CCCCCCCCC1(OC(C)=O)C=C(Cl)C(=O)/C1=C/CCCCCC(=O)O. The molecule has 0 aromatic rings. The van der Waals surface area contributed by atoms with Gasteiger partial charge in [-0.1, -0.05) is 63.1 Å². The lowest BCUT2D eigenvalue weighted by molar-refractivity contribution is -0.150. The molecule has 5 nitrogen and oxygen atoms in total. The molecular weight excluding hydrogens is 380 g/mol. The van der Waals surface area contributed by atoms with Gasteiger partial charge in [-0.05, 0) is 38.2 Å². The minimum atomic E-state index is -1.06. The summed E-state index contributed by atoms with van der Waals surface area (Å²) in [7, 11) is 0. The molecule has 28 heavy (non-hydrogen) atoms. The molecule has 1 rings (SSSR count). The number of Topliss-reactive ketones (excluding diaryl/α,β-unsaturated/α-hetero) is 1. The van der Waals surface area contributed by atoms with E-state index in [0.717, 1.165) is 32.1 Å². The van der Waals surface area contributed by atoms with Gasteiger partial charge in [0.05, 0.1) is 5.03 Å². The second-order valence-electron chi connectivity index (χ2n) is 7.43. The molecule has 0 fully saturated rings. The van der Waals surface area contributed by atoms with Gasteiger partial charge in [-0.15, -0.1) is 0 Å². The molecule has 1 unspecified atom stereocenters. The van der Waals surface area contributed by atoms with Crippen molar-refractivity contribution < 1.29 is 24.2 Å². The Kier molecular flexibility index (Phi) is 11.1. The first kappa shape index (κ1) is 24.4. The number of hydrogen-bond donors (Lipinski definition) is 1. The van der Waals surface area contributed by atoms with Gasteiger partial charge in [-0.2, -0.15) is 0 Å². The quantitative estimate of drug-likeness (QED) is 0.224. The van der Waals surface area contributed by atoms with Gasteiger partial charge < -0.3 is 9.84 Å². The van der Waals surface area contributed by atoms with Crippen LogP contribution in [-0.4, -0.2) is 28.4 Å². The number of carbonyl (C=O) groups excluding carboxylic acids is 2. The molecular formula is C22H33ClO5. The van der Waals surface area contributed by atoms with E-state index in [0.29, 0.717) is 24.8 Å². The third-order valence-corrected chi connectivity index (χ3v) is 5.23. The van der Waals surface area contributed by atoms with Crippen molar-refractivity contribution in [3.8, 4) is 0 Å². The Bertz CT molecular complexity index is 608. The number of esters is 1. The highest BCUT2D eigenvalue weighted by atomic mass is 35.5. The molecule has 0 heterocycles. The number of halogens is 1. The average Bonchev–Trinajstić information content (AvgIpc) is 2.84. The van der Waals surface area contributed by atoms with Crippen LogP contribution in [0.25, 0.3) is 0 Å². The fourth-order valence-electron chi connectivity index (χ4n) is 3.54. The lowest BCUT2D eigenvalue weighted by Crippen LogP contribution is -2.34. The van der Waals surface area contributed by atoms with Crippen molar-refractivity contribution in [3.63, 3.8) is 0 Å². The summed E-state index contributed by atoms with van der Waals surface area (Å²) in [6, 6.07) is 0. The third-order valence-electron chi connectivity index (χ3n) is 4.95. The van der Waals surface area contributed by atoms with Crippen LogP contribution in [0.15, 0.2) is 22.8 Å². The predicted molar refractivity (Wildman–Crippen MR) is 110 cm³/mol. The molecule has 0 amide bonds. The maximum Gasteiger partial charge on any atom is 0.303 e. The largest absolute Gasteiger partial charge is 0.481 e. The van der Waals surface area contributed by atoms with E-state index in [4.69, 9.17) is 21.4 Å². The Morgan fingerprint density at radius 3 is 2.39 bits per heavy atom. The topological polar surface area (TPSA) is 80.7 Å². The zero-order valence-electron chi connectivity index (χ0n) is 17.1. The zero-order chi connectivity index (χ0) is 21.0. The summed E-state index contributed by atoms with van der Waals surface area (Å²) in [4.78, 5) is 34.8. The summed E-state index contributed by atoms with van der Waals surface area (Å²) >= 11 is 6.12. The number of carbonyl (C=O) groups is 3. The highest BCUT2D eigenvalue weighted by molar-refractivity contribution is 6.46. The second kappa shape index (κ2) is 12.8. The van der Waals surface area contributed by atoms with Gasteiger partial charge in [0.1, 0.15) is 0 Å². The molecule has 0 saturated carbocycles. The van der Waals surface area contributed by atoms with Crippen molar-refractivity contribution in [1.29, 1.82) is 0 Å². The van der Waals surface area contributed by atoms with Gasteiger partial charge >= 0.3 is 11.9 Å². The van der Waals surface area contributed by atoms with Crippen molar-refractivity contribution in [3.05, 3.63) is 22.8 Å². The number of allylic oxidation sites excluding steroid dienone is 2. The van der Waals surface area contributed by atoms with Crippen LogP contribution < -0.4 is 0 Å². The molecule has 158 valence electrons. The van der Waals surface area contributed by atoms with Gasteiger partial charge in [0.25, 0.3) is 0 Å². The number of carboxylic acid groups (broad SMARTS) is 1. The van der Waals surface area contributed by atoms with Crippen LogP contribution >= 0.6 is 11.6 Å². The van der Waals surface area contributed by atoms with Crippen molar-refractivity contribution in [2.24, 2.45) is 0 Å². The number of ketones is 1. The number of ether oxygens (including phenoxy) is 1. The molecule has 0 spiro atoms. The van der Waals surface area contributed by atoms with Crippen molar-refractivity contribution in [2.45, 2.75) is 96.5 Å². The van der Waals surface area contributed by atoms with Gasteiger partial charge in [-0.3, -0.25) is 14.4 Å². The molecule has 6 heteroatoms. The summed E-state index contributed by atoms with van der Waals surface area (Å²) in [5, 5.41) is 8.78. The van der Waals surface area contributed by atoms with Crippen LogP contribution in [0.2, 0.25) is 0 Å². The molecule has 1 atom stereocenters. The number of rotatable bonds is 14. The van der Waals surface area contributed by atoms with E-state index >= 15 is 0 Å². The monoisotopic (exact) mass is 412 g/mol. The van der Waals surface area contributed by atoms with E-state index in [9.17, 15) is 14.4 Å². The Balaban J connectivity index is 2.75. The van der Waals surface area contributed by atoms with Crippen LogP contribution in [-0.2, 0) is 19.1 Å². The first-order chi connectivity index (χ1) is 13.3. The van der Waals surface area contributed by atoms with E-state index in [-0.39, 0.29) is 17.2 Å². The number of hydrogen-bond acceptors (Lipinski definition) is 4. The highest BCUT2D eigenvalue weighted by Gasteiger charge is 2.45. The first-order valence-corrected chi connectivity index (χ1v) is 10.7. The minimum absolute atomic E-state index is 0.101. The molecule has 0 aliphatic heterocycles. The van der Waals surface area contributed by atoms with E-state index in [2.05, 4.69) is 6.92 Å². The molecule has 0 bridgehead atoms. The lowest BCUT2D eigenvalue weighted by atomic mass is 9.88. The molecule has 0 saturated heterocycles. The predicted octanol–water partition coefficient (Wildman–Crippen LogP) is 5.71. The third kappa shape index (κ3) is 8.17. The molecule has 1 N–H and O–H groups in total. The summed E-state index contributed by atoms with van der Waals surface area (Å²) in [6.07, 6.45) is 13.4. The molecule has 1 aliphatic rings. The fraction of sp³-hybridized carbons (Fsp3) is 0.682. The number of aliphatic carboxylic acids is 1. The van der Waals surface area contributed by atoms with E-state index in [1.54, 1.807) is 6.08 Å². The molecule has 0 radical (unpaired) electrons. The Morgan fingerprint density at radius 2 is 1.75 bits per heavy atom. The van der Waals surface area contributed by atoms with Crippen molar-refractivity contribution in [2.75, 3.05) is 0 Å². The van der Waals surface area contributed by atoms with Crippen LogP contribution in [0.4, 0.5) is 0 Å². The van der Waals surface area contributed by atoms with Crippen molar-refractivity contribution >= 4 is 29.3 Å². The number of unbranched alkanes of at least 4 members (excludes halogenated alkanes) is 8. The van der Waals surface area contributed by atoms with Crippen molar-refractivity contribution in [1.82, 2.24) is 0 Å². The molecule has 0 aromatic heterocycles. The zero-order valence-corrected chi connectivity index (χ0v) is 17.9. The summed E-state index contributed by atoms with van der Waals surface area (Å²) < 4.78 is 5.62. The lowest BCUT2D eigenvalue weighted by Gasteiger charge is -2.28. The first-order valence-electron chi connectivity index (χ1n) is 10.4. The second-order valence-corrected chi connectivity index (χ2v) is 7.84. The summed E-state index contributed by atoms with van der Waals surface area (Å²) in [6.45, 7) is 3.52. The summed E-state index contributed by atoms with van der Waals surface area (Å²) in [5.74, 6) is -1.51. The van der Waals surface area contributed by atoms with Gasteiger partial charge in [0.2, 0.25) is 5.78 Å². The fourth-order valence-corrected chi connectivity index (χ4v) is 3.82. The van der Waals surface area contributed by atoms with Gasteiger partial charge in [0.15, 0.2) is 5.60 Å². The normalized spacial score (nSPS) is 20.5. The summed E-state index contributed by atoms with van der Waals surface area (Å²) in [5.41, 5.74) is -0.620. The maximum atomic E-state index is 12.5. The standard InChI is InChI=1S/C22H33ClO5/c1-3-4-5-6-9-12-15-22(28-17(2)24)16-19(23)21(27)18(22)13-10-7-8-11-14-20(25)26/h13,16H,3-12,14-15H2,1-2H3,(H,25,26)/b18-13-. The van der Waals surface area contributed by atoms with Gasteiger partial charge in [-0.25, -0.2) is 0 Å². The average molecular weight is 413 g/mol. The Morgan fingerprint density at radius 1 is 1.11 bits per heavy atom. The smallest absolute Gasteiger partial charge is 0.303 e. The van der Waals surface area contributed by atoms with Crippen LogP contribution in [0.3, 0.4) is 0 Å².